The predicted molar refractivity (Wildman–Crippen MR) is 153 cm³/mol. The van der Waals surface area contributed by atoms with Gasteiger partial charge in [0.2, 0.25) is 5.91 Å². The molecule has 0 bridgehead atoms. The zero-order valence-electron chi connectivity index (χ0n) is 23.7. The van der Waals surface area contributed by atoms with Crippen molar-refractivity contribution < 1.29 is 28.0 Å². The van der Waals surface area contributed by atoms with E-state index in [1.165, 1.54) is 44.9 Å². The Bertz CT molecular complexity index is 667. The van der Waals surface area contributed by atoms with Gasteiger partial charge >= 0.3 is 0 Å². The summed E-state index contributed by atoms with van der Waals surface area (Å²) < 4.78 is 32.0. The molecule has 4 N–H and O–H groups in total. The fourth-order valence-electron chi connectivity index (χ4n) is 4.45. The van der Waals surface area contributed by atoms with Crippen LogP contribution in [0.15, 0.2) is 12.2 Å². The van der Waals surface area contributed by atoms with E-state index in [4.69, 9.17) is 0 Å². The van der Waals surface area contributed by atoms with E-state index in [0.29, 0.717) is 19.3 Å². The van der Waals surface area contributed by atoms with E-state index in [-0.39, 0.29) is 6.42 Å². The van der Waals surface area contributed by atoms with Crippen molar-refractivity contribution in [2.45, 2.75) is 161 Å². The summed E-state index contributed by atoms with van der Waals surface area (Å²) >= 11 is 0. The highest BCUT2D eigenvalue weighted by atomic mass is 32.2. The number of carbonyl (C=O) groups is 1. The Balaban J connectivity index is 4.06. The van der Waals surface area contributed by atoms with Gasteiger partial charge in [-0.05, 0) is 38.5 Å². The standard InChI is InChI=1S/C29H57NO6S/c1-3-5-7-9-10-11-12-13-14-15-16-17-18-20-22-24-28(32)29(33)30-26(25-37(34,35)36)27(31)23-21-19-8-6-4-2/h14-15,26-28,31-32H,3-13,16-25H2,1-2H3,(H,30,33)(H,34,35,36)/b15-14-. The van der Waals surface area contributed by atoms with Crippen LogP contribution in [-0.4, -0.2) is 53.1 Å². The summed E-state index contributed by atoms with van der Waals surface area (Å²) in [6.45, 7) is 4.35. The molecule has 0 saturated carbocycles. The molecule has 220 valence electrons. The molecule has 0 aromatic heterocycles. The molecule has 0 aliphatic heterocycles. The molecule has 0 aliphatic carbocycles. The Labute approximate surface area is 227 Å². The largest absolute Gasteiger partial charge is 0.391 e. The summed E-state index contributed by atoms with van der Waals surface area (Å²) in [6, 6.07) is -1.14. The Morgan fingerprint density at radius 1 is 0.703 bits per heavy atom. The lowest BCUT2D eigenvalue weighted by Gasteiger charge is -2.24. The summed E-state index contributed by atoms with van der Waals surface area (Å²) in [7, 11) is -4.38. The Morgan fingerprint density at radius 3 is 1.62 bits per heavy atom. The maximum absolute atomic E-state index is 12.4. The van der Waals surface area contributed by atoms with Gasteiger partial charge in [0.1, 0.15) is 6.10 Å². The molecular formula is C29H57NO6S. The molecule has 37 heavy (non-hydrogen) atoms. The monoisotopic (exact) mass is 547 g/mol. The van der Waals surface area contributed by atoms with Crippen LogP contribution >= 0.6 is 0 Å². The van der Waals surface area contributed by atoms with E-state index in [9.17, 15) is 28.0 Å². The van der Waals surface area contributed by atoms with Crippen molar-refractivity contribution in [2.24, 2.45) is 0 Å². The maximum Gasteiger partial charge on any atom is 0.266 e. The van der Waals surface area contributed by atoms with Crippen LogP contribution in [0.4, 0.5) is 0 Å². The molecule has 1 amide bonds. The first-order valence-corrected chi connectivity index (χ1v) is 16.6. The zero-order chi connectivity index (χ0) is 27.8. The van der Waals surface area contributed by atoms with Crippen LogP contribution < -0.4 is 5.32 Å². The van der Waals surface area contributed by atoms with E-state index in [1.54, 1.807) is 0 Å². The van der Waals surface area contributed by atoms with Gasteiger partial charge in [-0.15, -0.1) is 0 Å². The third kappa shape index (κ3) is 23.9. The van der Waals surface area contributed by atoms with Crippen molar-refractivity contribution in [2.75, 3.05) is 5.75 Å². The van der Waals surface area contributed by atoms with Gasteiger partial charge < -0.3 is 15.5 Å². The van der Waals surface area contributed by atoms with Crippen molar-refractivity contribution in [1.82, 2.24) is 5.32 Å². The lowest BCUT2D eigenvalue weighted by molar-refractivity contribution is -0.131. The minimum atomic E-state index is -4.38. The van der Waals surface area contributed by atoms with Gasteiger partial charge in [0, 0.05) is 0 Å². The number of rotatable bonds is 26. The van der Waals surface area contributed by atoms with E-state index >= 15 is 0 Å². The number of unbranched alkanes of at least 4 members (excludes halogenated alkanes) is 15. The lowest BCUT2D eigenvalue weighted by atomic mass is 10.0. The molecule has 0 aliphatic rings. The average molecular weight is 548 g/mol. The first-order valence-electron chi connectivity index (χ1n) is 15.0. The molecule has 3 atom stereocenters. The third-order valence-electron chi connectivity index (χ3n) is 6.83. The van der Waals surface area contributed by atoms with Crippen LogP contribution in [0.3, 0.4) is 0 Å². The molecule has 0 spiro atoms. The van der Waals surface area contributed by atoms with Crippen LogP contribution in [0.2, 0.25) is 0 Å². The smallest absolute Gasteiger partial charge is 0.266 e. The van der Waals surface area contributed by atoms with Crippen molar-refractivity contribution in [1.29, 1.82) is 0 Å². The number of nitrogens with one attached hydrogen (secondary N) is 1. The number of allylic oxidation sites excluding steroid dienone is 2. The first-order chi connectivity index (χ1) is 17.7. The Morgan fingerprint density at radius 2 is 1.14 bits per heavy atom. The fourth-order valence-corrected chi connectivity index (χ4v) is 5.21. The number of aliphatic hydroxyl groups excluding tert-OH is 2. The predicted octanol–water partition coefficient (Wildman–Crippen LogP) is 6.48. The van der Waals surface area contributed by atoms with Crippen LogP contribution in [0, 0.1) is 0 Å². The van der Waals surface area contributed by atoms with Crippen LogP contribution in [0.5, 0.6) is 0 Å². The SMILES string of the molecule is CCCCCCCCC/C=C\CCCCCCC(O)C(=O)NC(CS(=O)(=O)O)C(O)CCCCCCC. The molecule has 0 saturated heterocycles. The quantitative estimate of drug-likeness (QED) is 0.0558. The van der Waals surface area contributed by atoms with Crippen LogP contribution in [0.1, 0.15) is 142 Å². The van der Waals surface area contributed by atoms with E-state index < -0.39 is 40.0 Å². The van der Waals surface area contributed by atoms with Gasteiger partial charge in [0.05, 0.1) is 17.9 Å². The van der Waals surface area contributed by atoms with Gasteiger partial charge in [-0.2, -0.15) is 8.42 Å². The zero-order valence-corrected chi connectivity index (χ0v) is 24.5. The van der Waals surface area contributed by atoms with Gasteiger partial charge in [-0.3, -0.25) is 9.35 Å². The normalized spacial score (nSPS) is 14.6. The number of hydrogen-bond donors (Lipinski definition) is 4. The highest BCUT2D eigenvalue weighted by Gasteiger charge is 2.28. The molecule has 3 unspecified atom stereocenters. The minimum absolute atomic E-state index is 0.283. The topological polar surface area (TPSA) is 124 Å². The first kappa shape index (κ1) is 36.0. The highest BCUT2D eigenvalue weighted by Crippen LogP contribution is 2.13. The molecule has 0 heterocycles. The summed E-state index contributed by atoms with van der Waals surface area (Å²) in [6.07, 6.45) is 22.8. The molecule has 8 heteroatoms. The van der Waals surface area contributed by atoms with E-state index in [1.807, 2.05) is 0 Å². The average Bonchev–Trinajstić information content (AvgIpc) is 2.84. The minimum Gasteiger partial charge on any atom is -0.391 e. The van der Waals surface area contributed by atoms with Crippen molar-refractivity contribution in [3.05, 3.63) is 12.2 Å². The number of amides is 1. The maximum atomic E-state index is 12.4. The van der Waals surface area contributed by atoms with Crippen LogP contribution in [0.25, 0.3) is 0 Å². The van der Waals surface area contributed by atoms with Crippen molar-refractivity contribution in [3.63, 3.8) is 0 Å². The second kappa shape index (κ2) is 24.1. The van der Waals surface area contributed by atoms with Gasteiger partial charge in [-0.1, -0.05) is 116 Å². The van der Waals surface area contributed by atoms with Crippen LogP contribution in [-0.2, 0) is 14.9 Å². The molecule has 0 aromatic rings. The lowest BCUT2D eigenvalue weighted by Crippen LogP contribution is -2.50. The summed E-state index contributed by atoms with van der Waals surface area (Å²) in [5.41, 5.74) is 0. The molecule has 0 radical (unpaired) electrons. The fraction of sp³-hybridized carbons (Fsp3) is 0.897. The summed E-state index contributed by atoms with van der Waals surface area (Å²) in [5, 5.41) is 23.0. The van der Waals surface area contributed by atoms with Gasteiger partial charge in [0.15, 0.2) is 0 Å². The molecule has 0 aromatic carbocycles. The third-order valence-corrected chi connectivity index (χ3v) is 7.61. The van der Waals surface area contributed by atoms with Crippen molar-refractivity contribution in [3.8, 4) is 0 Å². The second-order valence-corrected chi connectivity index (χ2v) is 12.0. The van der Waals surface area contributed by atoms with E-state index in [2.05, 4.69) is 31.3 Å². The van der Waals surface area contributed by atoms with E-state index in [0.717, 1.165) is 57.8 Å². The highest BCUT2D eigenvalue weighted by molar-refractivity contribution is 7.85. The van der Waals surface area contributed by atoms with Gasteiger partial charge in [-0.25, -0.2) is 0 Å². The second-order valence-electron chi connectivity index (χ2n) is 10.5. The number of aliphatic hydroxyl groups is 2. The number of carbonyl (C=O) groups excluding carboxylic acids is 1. The van der Waals surface area contributed by atoms with Gasteiger partial charge in [0.25, 0.3) is 10.1 Å². The van der Waals surface area contributed by atoms with Crippen molar-refractivity contribution >= 4 is 16.0 Å². The number of hydrogen-bond acceptors (Lipinski definition) is 5. The molecule has 0 rings (SSSR count). The Kier molecular flexibility index (Phi) is 23.5. The summed E-state index contributed by atoms with van der Waals surface area (Å²) in [5.74, 6) is -1.47. The molecule has 7 nitrogen and oxygen atoms in total. The Hall–Kier alpha value is -0.960. The molecule has 0 fully saturated rings. The summed E-state index contributed by atoms with van der Waals surface area (Å²) in [4.78, 5) is 12.4. The molecular weight excluding hydrogens is 490 g/mol.